The maximum atomic E-state index is 13.3. The molecule has 7 heteroatoms. The number of benzene rings is 1. The summed E-state index contributed by atoms with van der Waals surface area (Å²) >= 11 is 0. The molecule has 0 radical (unpaired) electrons. The van der Waals surface area contributed by atoms with Gasteiger partial charge in [-0.15, -0.1) is 0 Å². The Balaban J connectivity index is 1.87. The molecule has 3 rings (SSSR count). The van der Waals surface area contributed by atoms with Gasteiger partial charge in [-0.05, 0) is 38.2 Å². The molecular weight excluding hydrogens is 384 g/mol. The number of para-hydroxylation sites is 1. The van der Waals surface area contributed by atoms with Gasteiger partial charge in [0.05, 0.1) is 18.4 Å². The number of carbonyl (C=O) groups is 3. The second kappa shape index (κ2) is 10.6. The van der Waals surface area contributed by atoms with E-state index in [1.807, 2.05) is 24.3 Å². The third-order valence-electron chi connectivity index (χ3n) is 6.03. The summed E-state index contributed by atoms with van der Waals surface area (Å²) in [7, 11) is 1.63. The molecule has 1 fully saturated rings. The minimum Gasteiger partial charge on any atom is -0.465 e. The van der Waals surface area contributed by atoms with Gasteiger partial charge in [0, 0.05) is 25.6 Å². The lowest BCUT2D eigenvalue weighted by Crippen LogP contribution is -2.45. The normalized spacial score (nSPS) is 20.3. The summed E-state index contributed by atoms with van der Waals surface area (Å²) in [6, 6.07) is 7.44. The molecule has 2 amide bonds. The van der Waals surface area contributed by atoms with Crippen LogP contribution in [0.15, 0.2) is 24.3 Å². The zero-order valence-electron chi connectivity index (χ0n) is 18.0. The number of rotatable bonds is 6. The van der Waals surface area contributed by atoms with Crippen molar-refractivity contribution in [1.82, 2.24) is 4.90 Å². The Kier molecular flexibility index (Phi) is 7.85. The summed E-state index contributed by atoms with van der Waals surface area (Å²) in [5.74, 6) is -0.344. The number of methoxy groups -OCH3 is 1. The van der Waals surface area contributed by atoms with E-state index < -0.39 is 5.97 Å². The molecule has 1 aromatic carbocycles. The molecule has 0 spiro atoms. The molecule has 1 saturated carbocycles. The molecule has 2 aliphatic rings. The zero-order valence-corrected chi connectivity index (χ0v) is 18.0. The van der Waals surface area contributed by atoms with Crippen LogP contribution in [0.3, 0.4) is 0 Å². The van der Waals surface area contributed by atoms with E-state index in [1.165, 1.54) is 17.7 Å². The minimum atomic E-state index is -0.474. The van der Waals surface area contributed by atoms with Crippen molar-refractivity contribution in [3.63, 3.8) is 0 Å². The van der Waals surface area contributed by atoms with Crippen LogP contribution >= 0.6 is 0 Å². The highest BCUT2D eigenvalue weighted by Gasteiger charge is 2.31. The third kappa shape index (κ3) is 5.39. The van der Waals surface area contributed by atoms with E-state index in [-0.39, 0.29) is 37.6 Å². The van der Waals surface area contributed by atoms with Crippen molar-refractivity contribution in [2.45, 2.75) is 51.6 Å². The molecular formula is C23H32N2O5. The molecule has 1 aliphatic carbocycles. The summed E-state index contributed by atoms with van der Waals surface area (Å²) in [5.41, 5.74) is 1.47. The predicted octanol–water partition coefficient (Wildman–Crippen LogP) is 3.08. The average molecular weight is 417 g/mol. The number of hydrogen-bond acceptors (Lipinski definition) is 5. The van der Waals surface area contributed by atoms with Gasteiger partial charge >= 0.3 is 5.97 Å². The number of anilines is 1. The zero-order chi connectivity index (χ0) is 21.5. The monoisotopic (exact) mass is 416 g/mol. The van der Waals surface area contributed by atoms with E-state index in [2.05, 4.69) is 0 Å². The van der Waals surface area contributed by atoms with Crippen LogP contribution in [0.1, 0.15) is 57.1 Å². The fraction of sp³-hybridized carbons (Fsp3) is 0.609. The van der Waals surface area contributed by atoms with E-state index >= 15 is 0 Å². The van der Waals surface area contributed by atoms with E-state index in [4.69, 9.17) is 9.47 Å². The van der Waals surface area contributed by atoms with Gasteiger partial charge in [-0.2, -0.15) is 0 Å². The second-order valence-corrected chi connectivity index (χ2v) is 8.03. The van der Waals surface area contributed by atoms with E-state index in [0.717, 1.165) is 18.4 Å². The molecule has 1 aliphatic heterocycles. The Morgan fingerprint density at radius 1 is 1.13 bits per heavy atom. The standard InChI is InChI=1S/C23H32N2O5/c1-3-30-23(28)16-25-19-11-7-6-10-18(19)20(29-2)12-13-24(15-22(25)27)21(26)14-17-8-4-5-9-17/h6-7,10-11,17,20H,3-5,8-9,12-16H2,1-2H3. The first-order valence-electron chi connectivity index (χ1n) is 10.9. The number of amides is 2. The summed E-state index contributed by atoms with van der Waals surface area (Å²) < 4.78 is 10.8. The Morgan fingerprint density at radius 2 is 1.87 bits per heavy atom. The molecule has 0 N–H and O–H groups in total. The molecule has 1 heterocycles. The predicted molar refractivity (Wildman–Crippen MR) is 113 cm³/mol. The van der Waals surface area contributed by atoms with Gasteiger partial charge < -0.3 is 14.4 Å². The van der Waals surface area contributed by atoms with Gasteiger partial charge in [0.25, 0.3) is 0 Å². The average Bonchev–Trinajstić information content (AvgIpc) is 3.25. The van der Waals surface area contributed by atoms with Crippen molar-refractivity contribution in [1.29, 1.82) is 0 Å². The van der Waals surface area contributed by atoms with Crippen LogP contribution < -0.4 is 4.90 Å². The highest BCUT2D eigenvalue weighted by Crippen LogP contribution is 2.33. The van der Waals surface area contributed by atoms with E-state index in [9.17, 15) is 14.4 Å². The topological polar surface area (TPSA) is 76.2 Å². The van der Waals surface area contributed by atoms with Gasteiger partial charge in [-0.1, -0.05) is 31.0 Å². The lowest BCUT2D eigenvalue weighted by molar-refractivity contribution is -0.142. The summed E-state index contributed by atoms with van der Waals surface area (Å²) in [4.78, 5) is 41.5. The second-order valence-electron chi connectivity index (χ2n) is 8.03. The highest BCUT2D eigenvalue weighted by atomic mass is 16.5. The van der Waals surface area contributed by atoms with Crippen molar-refractivity contribution < 1.29 is 23.9 Å². The molecule has 7 nitrogen and oxygen atoms in total. The molecule has 1 aromatic rings. The Bertz CT molecular complexity index is 760. The van der Waals surface area contributed by atoms with Crippen molar-refractivity contribution in [3.05, 3.63) is 29.8 Å². The van der Waals surface area contributed by atoms with Crippen LogP contribution in [0.25, 0.3) is 0 Å². The van der Waals surface area contributed by atoms with Gasteiger partial charge in [-0.3, -0.25) is 19.3 Å². The van der Waals surface area contributed by atoms with E-state index in [1.54, 1.807) is 18.9 Å². The molecule has 164 valence electrons. The number of ether oxygens (including phenoxy) is 2. The van der Waals surface area contributed by atoms with E-state index in [0.29, 0.717) is 31.0 Å². The summed E-state index contributed by atoms with van der Waals surface area (Å²) in [5, 5.41) is 0. The number of carbonyl (C=O) groups excluding carboxylic acids is 3. The van der Waals surface area contributed by atoms with Crippen molar-refractivity contribution >= 4 is 23.5 Å². The third-order valence-corrected chi connectivity index (χ3v) is 6.03. The maximum Gasteiger partial charge on any atom is 0.326 e. The molecule has 0 aromatic heterocycles. The van der Waals surface area contributed by atoms with Crippen LogP contribution in [-0.4, -0.2) is 56.0 Å². The molecule has 1 unspecified atom stereocenters. The highest BCUT2D eigenvalue weighted by molar-refractivity contribution is 6.01. The fourth-order valence-electron chi connectivity index (χ4n) is 4.45. The SMILES string of the molecule is CCOC(=O)CN1C(=O)CN(C(=O)CC2CCCC2)CCC(OC)c2ccccc21. The summed E-state index contributed by atoms with van der Waals surface area (Å²) in [6.45, 7) is 2.18. The minimum absolute atomic E-state index is 0.00661. The first-order chi connectivity index (χ1) is 14.5. The number of nitrogens with zero attached hydrogens (tertiary/aromatic N) is 2. The van der Waals surface area contributed by atoms with Gasteiger partial charge in [0.15, 0.2) is 0 Å². The van der Waals surface area contributed by atoms with Gasteiger partial charge in [0.1, 0.15) is 13.1 Å². The summed E-state index contributed by atoms with van der Waals surface area (Å²) in [6.07, 6.45) is 5.29. The number of fused-ring (bicyclic) bond motifs is 1. The maximum absolute atomic E-state index is 13.3. The first-order valence-corrected chi connectivity index (χ1v) is 10.9. The van der Waals surface area contributed by atoms with Crippen LogP contribution in [0.2, 0.25) is 0 Å². The lowest BCUT2D eigenvalue weighted by atomic mass is 10.0. The first kappa shape index (κ1) is 22.3. The van der Waals surface area contributed by atoms with Crippen LogP contribution in [-0.2, 0) is 23.9 Å². The van der Waals surface area contributed by atoms with Crippen molar-refractivity contribution in [2.24, 2.45) is 5.92 Å². The van der Waals surface area contributed by atoms with Crippen LogP contribution in [0.5, 0.6) is 0 Å². The molecule has 0 bridgehead atoms. The Hall–Kier alpha value is -2.41. The molecule has 1 atom stereocenters. The largest absolute Gasteiger partial charge is 0.465 e. The van der Waals surface area contributed by atoms with Crippen molar-refractivity contribution in [2.75, 3.05) is 38.3 Å². The van der Waals surface area contributed by atoms with Gasteiger partial charge in [-0.25, -0.2) is 0 Å². The molecule has 30 heavy (non-hydrogen) atoms. The van der Waals surface area contributed by atoms with Crippen molar-refractivity contribution in [3.8, 4) is 0 Å². The lowest BCUT2D eigenvalue weighted by Gasteiger charge is -2.27. The van der Waals surface area contributed by atoms with Gasteiger partial charge in [0.2, 0.25) is 11.8 Å². The quantitative estimate of drug-likeness (QED) is 0.666. The van der Waals surface area contributed by atoms with Crippen LogP contribution in [0, 0.1) is 5.92 Å². The van der Waals surface area contributed by atoms with Crippen LogP contribution in [0.4, 0.5) is 5.69 Å². The molecule has 0 saturated heterocycles. The fourth-order valence-corrected chi connectivity index (χ4v) is 4.45. The Labute approximate surface area is 178 Å². The number of hydrogen-bond donors (Lipinski definition) is 0. The smallest absolute Gasteiger partial charge is 0.326 e. The Morgan fingerprint density at radius 3 is 2.57 bits per heavy atom. The number of esters is 1.